The van der Waals surface area contributed by atoms with Crippen LogP contribution in [0.5, 0.6) is 11.5 Å². The Morgan fingerprint density at radius 2 is 2.07 bits per heavy atom. The summed E-state index contributed by atoms with van der Waals surface area (Å²) < 4.78 is 16.4. The molecule has 2 aromatic carbocycles. The lowest BCUT2D eigenvalue weighted by atomic mass is 9.98. The Kier molecular flexibility index (Phi) is 5.60. The lowest BCUT2D eigenvalue weighted by molar-refractivity contribution is -0.134. The summed E-state index contributed by atoms with van der Waals surface area (Å²) in [6, 6.07) is 13.3. The lowest BCUT2D eigenvalue weighted by Gasteiger charge is -2.15. The molecule has 29 heavy (non-hydrogen) atoms. The van der Waals surface area contributed by atoms with Gasteiger partial charge in [0.2, 0.25) is 0 Å². The van der Waals surface area contributed by atoms with Crippen LogP contribution >= 0.6 is 11.8 Å². The average Bonchev–Trinajstić information content (AvgIpc) is 3.28. The number of esters is 1. The number of nitrogens with zero attached hydrogens (tertiary/aromatic N) is 1. The van der Waals surface area contributed by atoms with Crippen molar-refractivity contribution in [2.45, 2.75) is 17.9 Å². The minimum atomic E-state index is -0.452. The quantitative estimate of drug-likeness (QED) is 0.701. The number of hydrogen-bond acceptors (Lipinski definition) is 7. The summed E-state index contributed by atoms with van der Waals surface area (Å²) >= 11 is 1.61. The summed E-state index contributed by atoms with van der Waals surface area (Å²) in [5, 5.41) is 9.22. The SMILES string of the molecule is CCOC(=O)C1=NC2C(=C1c1ccc(OC)cc1OCCO)Sc1ccccc12. The van der Waals surface area contributed by atoms with Gasteiger partial charge in [-0.25, -0.2) is 4.79 Å². The summed E-state index contributed by atoms with van der Waals surface area (Å²) in [5.41, 5.74) is 2.82. The largest absolute Gasteiger partial charge is 0.497 e. The molecule has 1 N–H and O–H groups in total. The van der Waals surface area contributed by atoms with Gasteiger partial charge in [-0.3, -0.25) is 4.99 Å². The smallest absolute Gasteiger partial charge is 0.357 e. The number of ether oxygens (including phenoxy) is 3. The van der Waals surface area contributed by atoms with E-state index in [0.717, 1.165) is 20.9 Å². The van der Waals surface area contributed by atoms with Gasteiger partial charge in [-0.05, 0) is 30.7 Å². The lowest BCUT2D eigenvalue weighted by Crippen LogP contribution is -2.18. The molecule has 0 aromatic heterocycles. The molecule has 2 aliphatic rings. The second-order valence-electron chi connectivity index (χ2n) is 6.41. The van der Waals surface area contributed by atoms with Crippen molar-refractivity contribution in [3.63, 3.8) is 0 Å². The molecule has 2 aromatic rings. The van der Waals surface area contributed by atoms with E-state index < -0.39 is 5.97 Å². The molecule has 0 fully saturated rings. The Morgan fingerprint density at radius 1 is 1.24 bits per heavy atom. The van der Waals surface area contributed by atoms with Crippen LogP contribution in [0.15, 0.2) is 57.3 Å². The van der Waals surface area contributed by atoms with Crippen LogP contribution in [0.25, 0.3) is 5.57 Å². The highest BCUT2D eigenvalue weighted by molar-refractivity contribution is 8.03. The van der Waals surface area contributed by atoms with Crippen molar-refractivity contribution >= 4 is 29.0 Å². The fourth-order valence-electron chi connectivity index (χ4n) is 3.47. The van der Waals surface area contributed by atoms with E-state index in [9.17, 15) is 9.90 Å². The molecule has 4 rings (SSSR count). The van der Waals surface area contributed by atoms with E-state index in [0.29, 0.717) is 22.8 Å². The molecule has 6 nitrogen and oxygen atoms in total. The Labute approximate surface area is 173 Å². The molecule has 1 atom stereocenters. The van der Waals surface area contributed by atoms with E-state index in [1.807, 2.05) is 30.3 Å². The Morgan fingerprint density at radius 3 is 2.83 bits per heavy atom. The number of hydrogen-bond donors (Lipinski definition) is 1. The molecule has 0 saturated carbocycles. The number of fused-ring (bicyclic) bond motifs is 3. The van der Waals surface area contributed by atoms with E-state index in [-0.39, 0.29) is 25.9 Å². The molecule has 2 heterocycles. The number of aliphatic imine (C=N–C) groups is 1. The molecule has 150 valence electrons. The summed E-state index contributed by atoms with van der Waals surface area (Å²) in [7, 11) is 1.58. The highest BCUT2D eigenvalue weighted by Gasteiger charge is 2.40. The Balaban J connectivity index is 1.87. The Hall–Kier alpha value is -2.77. The van der Waals surface area contributed by atoms with Crippen LogP contribution in [-0.2, 0) is 9.53 Å². The molecule has 0 amide bonds. The van der Waals surface area contributed by atoms with Gasteiger partial charge in [-0.1, -0.05) is 30.0 Å². The van der Waals surface area contributed by atoms with Crippen molar-refractivity contribution in [1.82, 2.24) is 0 Å². The maximum absolute atomic E-state index is 12.7. The predicted octanol–water partition coefficient (Wildman–Crippen LogP) is 3.64. The highest BCUT2D eigenvalue weighted by Crippen LogP contribution is 2.56. The number of aliphatic hydroxyl groups excluding tert-OH is 1. The molecular formula is C22H21NO5S. The number of methoxy groups -OCH3 is 1. The Bertz CT molecular complexity index is 1010. The van der Waals surface area contributed by atoms with Crippen molar-refractivity contribution < 1.29 is 24.1 Å². The van der Waals surface area contributed by atoms with Crippen molar-refractivity contribution in [3.05, 3.63) is 58.5 Å². The molecule has 1 unspecified atom stereocenters. The standard InChI is InChI=1S/C22H21NO5S/c1-3-27-22(25)20-18(14-9-8-13(26-2)12-16(14)28-11-10-24)21-19(23-20)15-6-4-5-7-17(15)29-21/h4-9,12,19,24H,3,10-11H2,1-2H3. The van der Waals surface area contributed by atoms with E-state index in [2.05, 4.69) is 6.07 Å². The highest BCUT2D eigenvalue weighted by atomic mass is 32.2. The van der Waals surface area contributed by atoms with E-state index >= 15 is 0 Å². The van der Waals surface area contributed by atoms with Crippen LogP contribution < -0.4 is 9.47 Å². The van der Waals surface area contributed by atoms with Gasteiger partial charge >= 0.3 is 5.97 Å². The molecule has 0 saturated heterocycles. The van der Waals surface area contributed by atoms with Gasteiger partial charge in [-0.2, -0.15) is 0 Å². The number of thioether (sulfide) groups is 1. The number of carbonyl (C=O) groups is 1. The normalized spacial score (nSPS) is 16.9. The number of carbonyl (C=O) groups excluding carboxylic acids is 1. The third kappa shape index (κ3) is 3.52. The zero-order chi connectivity index (χ0) is 20.4. The van der Waals surface area contributed by atoms with Crippen molar-refractivity contribution in [3.8, 4) is 11.5 Å². The summed E-state index contributed by atoms with van der Waals surface area (Å²) in [4.78, 5) is 19.6. The van der Waals surface area contributed by atoms with Gasteiger partial charge in [0.15, 0.2) is 5.71 Å². The molecule has 2 aliphatic heterocycles. The van der Waals surface area contributed by atoms with Crippen LogP contribution in [-0.4, -0.2) is 43.7 Å². The van der Waals surface area contributed by atoms with E-state index in [1.54, 1.807) is 31.9 Å². The number of rotatable bonds is 7. The number of aliphatic hydroxyl groups is 1. The van der Waals surface area contributed by atoms with Gasteiger partial charge < -0.3 is 19.3 Å². The first kappa shape index (κ1) is 19.5. The van der Waals surface area contributed by atoms with E-state index in [1.165, 1.54) is 0 Å². The topological polar surface area (TPSA) is 77.4 Å². The molecule has 0 bridgehead atoms. The molecule has 7 heteroatoms. The average molecular weight is 411 g/mol. The maximum Gasteiger partial charge on any atom is 0.357 e. The predicted molar refractivity (Wildman–Crippen MR) is 112 cm³/mol. The van der Waals surface area contributed by atoms with Gasteiger partial charge in [0, 0.05) is 27.0 Å². The first-order valence-electron chi connectivity index (χ1n) is 9.36. The van der Waals surface area contributed by atoms with Crippen molar-refractivity contribution in [2.24, 2.45) is 4.99 Å². The second-order valence-corrected chi connectivity index (χ2v) is 7.50. The van der Waals surface area contributed by atoms with E-state index in [4.69, 9.17) is 19.2 Å². The van der Waals surface area contributed by atoms with Gasteiger partial charge in [0.25, 0.3) is 0 Å². The minimum absolute atomic E-state index is 0.121. The maximum atomic E-state index is 12.7. The van der Waals surface area contributed by atoms with Crippen LogP contribution in [0.3, 0.4) is 0 Å². The van der Waals surface area contributed by atoms with Crippen LogP contribution in [0.1, 0.15) is 24.1 Å². The zero-order valence-corrected chi connectivity index (χ0v) is 17.0. The summed E-state index contributed by atoms with van der Waals surface area (Å²) in [6.07, 6.45) is 0. The molecular weight excluding hydrogens is 390 g/mol. The first-order chi connectivity index (χ1) is 14.2. The molecule has 0 spiro atoms. The summed E-state index contributed by atoms with van der Waals surface area (Å²) in [5.74, 6) is 0.695. The summed E-state index contributed by atoms with van der Waals surface area (Å²) in [6.45, 7) is 2.05. The number of benzene rings is 2. The fraction of sp³-hybridized carbons (Fsp3) is 0.273. The molecule has 0 radical (unpaired) electrons. The van der Waals surface area contributed by atoms with Gasteiger partial charge in [0.05, 0.1) is 20.3 Å². The third-order valence-electron chi connectivity index (χ3n) is 4.70. The van der Waals surface area contributed by atoms with Crippen molar-refractivity contribution in [2.75, 3.05) is 26.9 Å². The van der Waals surface area contributed by atoms with Crippen LogP contribution in [0.2, 0.25) is 0 Å². The van der Waals surface area contributed by atoms with Gasteiger partial charge in [-0.15, -0.1) is 0 Å². The fourth-order valence-corrected chi connectivity index (χ4v) is 4.75. The van der Waals surface area contributed by atoms with Crippen molar-refractivity contribution in [1.29, 1.82) is 0 Å². The monoisotopic (exact) mass is 411 g/mol. The molecule has 0 aliphatic carbocycles. The van der Waals surface area contributed by atoms with Gasteiger partial charge in [0.1, 0.15) is 24.1 Å². The second kappa shape index (κ2) is 8.31. The first-order valence-corrected chi connectivity index (χ1v) is 10.2. The van der Waals surface area contributed by atoms with Crippen LogP contribution in [0.4, 0.5) is 0 Å². The minimum Gasteiger partial charge on any atom is -0.497 e. The third-order valence-corrected chi connectivity index (χ3v) is 5.94. The zero-order valence-electron chi connectivity index (χ0n) is 16.2. The van der Waals surface area contributed by atoms with Crippen LogP contribution in [0, 0.1) is 0 Å².